The molecule has 0 spiro atoms. The van der Waals surface area contributed by atoms with Crippen LogP contribution in [0.5, 0.6) is 0 Å². The van der Waals surface area contributed by atoms with E-state index in [0.717, 1.165) is 62.4 Å². The third-order valence-corrected chi connectivity index (χ3v) is 8.19. The first kappa shape index (κ1) is 25.7. The van der Waals surface area contributed by atoms with Crippen LogP contribution in [0.25, 0.3) is 0 Å². The minimum Gasteiger partial charge on any atom is -0.348 e. The molecule has 0 saturated carbocycles. The van der Waals surface area contributed by atoms with Crippen LogP contribution in [0.2, 0.25) is 0 Å². The van der Waals surface area contributed by atoms with Gasteiger partial charge in [0, 0.05) is 43.9 Å². The van der Waals surface area contributed by atoms with E-state index < -0.39 is 0 Å². The molecule has 0 aliphatic carbocycles. The highest BCUT2D eigenvalue weighted by molar-refractivity contribution is 5.98. The first-order chi connectivity index (χ1) is 18.0. The summed E-state index contributed by atoms with van der Waals surface area (Å²) < 4.78 is 0. The quantitative estimate of drug-likeness (QED) is 0.587. The average Bonchev–Trinajstić information content (AvgIpc) is 3.47. The molecule has 5 rings (SSSR count). The van der Waals surface area contributed by atoms with Crippen molar-refractivity contribution in [2.24, 2.45) is 5.92 Å². The monoisotopic (exact) mass is 500 g/mol. The van der Waals surface area contributed by atoms with E-state index in [4.69, 9.17) is 0 Å². The number of nitrogens with one attached hydrogen (secondary N) is 1. The van der Waals surface area contributed by atoms with Gasteiger partial charge in [0.1, 0.15) is 0 Å². The van der Waals surface area contributed by atoms with Crippen molar-refractivity contribution in [1.29, 1.82) is 0 Å². The molecular formula is C31H40N4O2. The molecule has 0 aromatic heterocycles. The van der Waals surface area contributed by atoms with Gasteiger partial charge < -0.3 is 10.2 Å². The number of benzene rings is 2. The van der Waals surface area contributed by atoms with Crippen molar-refractivity contribution >= 4 is 11.8 Å². The molecule has 2 saturated heterocycles. The number of aryl methyl sites for hydroxylation is 2. The smallest absolute Gasteiger partial charge is 0.258 e. The van der Waals surface area contributed by atoms with Crippen LogP contribution in [0.1, 0.15) is 58.8 Å². The van der Waals surface area contributed by atoms with Crippen molar-refractivity contribution in [2.75, 3.05) is 45.8 Å². The molecular weight excluding hydrogens is 460 g/mol. The SMILES string of the molecule is Cc1cccc(C)c1C(=O)N1C=C2CN(CC[C@H](NC(=O)CN3CCCCC3)c3ccccc3)CC2C1. The molecule has 2 aromatic rings. The van der Waals surface area contributed by atoms with Crippen molar-refractivity contribution < 1.29 is 9.59 Å². The fraction of sp³-hybridized carbons (Fsp3) is 0.484. The summed E-state index contributed by atoms with van der Waals surface area (Å²) in [6.07, 6.45) is 6.62. The lowest BCUT2D eigenvalue weighted by atomic mass is 10.0. The van der Waals surface area contributed by atoms with Crippen LogP contribution in [-0.2, 0) is 4.79 Å². The van der Waals surface area contributed by atoms with Gasteiger partial charge in [-0.3, -0.25) is 19.4 Å². The highest BCUT2D eigenvalue weighted by atomic mass is 16.2. The minimum atomic E-state index is 0.00928. The summed E-state index contributed by atoms with van der Waals surface area (Å²) in [7, 11) is 0. The molecule has 0 radical (unpaired) electrons. The second-order valence-corrected chi connectivity index (χ2v) is 11.0. The van der Waals surface area contributed by atoms with Gasteiger partial charge in [-0.2, -0.15) is 0 Å². The number of amides is 2. The topological polar surface area (TPSA) is 55.9 Å². The Labute approximate surface area is 221 Å². The predicted molar refractivity (Wildman–Crippen MR) is 147 cm³/mol. The van der Waals surface area contributed by atoms with Crippen LogP contribution < -0.4 is 5.32 Å². The van der Waals surface area contributed by atoms with Crippen LogP contribution >= 0.6 is 0 Å². The van der Waals surface area contributed by atoms with Crippen molar-refractivity contribution in [1.82, 2.24) is 20.0 Å². The normalized spacial score (nSPS) is 21.0. The van der Waals surface area contributed by atoms with Crippen molar-refractivity contribution in [3.8, 4) is 0 Å². The Bertz CT molecular complexity index is 1120. The summed E-state index contributed by atoms with van der Waals surface area (Å²) in [5, 5.41) is 3.33. The van der Waals surface area contributed by atoms with Crippen LogP contribution in [-0.4, -0.2) is 72.3 Å². The van der Waals surface area contributed by atoms with Crippen LogP contribution in [0.3, 0.4) is 0 Å². The second-order valence-electron chi connectivity index (χ2n) is 11.0. The number of carbonyl (C=O) groups excluding carboxylic acids is 2. The van der Waals surface area contributed by atoms with E-state index in [0.29, 0.717) is 12.5 Å². The molecule has 2 atom stereocenters. The van der Waals surface area contributed by atoms with Crippen molar-refractivity contribution in [2.45, 2.75) is 45.6 Å². The molecule has 37 heavy (non-hydrogen) atoms. The molecule has 2 amide bonds. The maximum Gasteiger partial charge on any atom is 0.258 e. The van der Waals surface area contributed by atoms with E-state index in [1.807, 2.05) is 55.1 Å². The van der Waals surface area contributed by atoms with Crippen molar-refractivity contribution in [3.63, 3.8) is 0 Å². The van der Waals surface area contributed by atoms with E-state index >= 15 is 0 Å². The summed E-state index contributed by atoms with van der Waals surface area (Å²) in [5.74, 6) is 0.638. The molecule has 3 heterocycles. The highest BCUT2D eigenvalue weighted by Crippen LogP contribution is 2.32. The van der Waals surface area contributed by atoms with Crippen LogP contribution in [0, 0.1) is 19.8 Å². The molecule has 3 aliphatic rings. The summed E-state index contributed by atoms with van der Waals surface area (Å²) in [6, 6.07) is 16.4. The first-order valence-electron chi connectivity index (χ1n) is 13.8. The number of piperidine rings is 1. The minimum absolute atomic E-state index is 0.00928. The summed E-state index contributed by atoms with van der Waals surface area (Å²) in [5.41, 5.74) is 5.43. The Kier molecular flexibility index (Phi) is 8.06. The third-order valence-electron chi connectivity index (χ3n) is 8.19. The van der Waals surface area contributed by atoms with Crippen molar-refractivity contribution in [3.05, 3.63) is 82.6 Å². The predicted octanol–water partition coefficient (Wildman–Crippen LogP) is 4.31. The molecule has 2 aromatic carbocycles. The lowest BCUT2D eigenvalue weighted by Gasteiger charge is -2.28. The number of hydrogen-bond donors (Lipinski definition) is 1. The first-order valence-corrected chi connectivity index (χ1v) is 13.8. The number of nitrogens with zero attached hydrogens (tertiary/aromatic N) is 3. The number of carbonyl (C=O) groups is 2. The van der Waals surface area contributed by atoms with E-state index in [1.54, 1.807) is 0 Å². The van der Waals surface area contributed by atoms with Gasteiger partial charge in [0.25, 0.3) is 5.91 Å². The summed E-state index contributed by atoms with van der Waals surface area (Å²) >= 11 is 0. The number of rotatable bonds is 8. The maximum atomic E-state index is 13.2. The van der Waals surface area contributed by atoms with Crippen LogP contribution in [0.15, 0.2) is 60.3 Å². The van der Waals surface area contributed by atoms with E-state index in [1.165, 1.54) is 30.4 Å². The summed E-state index contributed by atoms with van der Waals surface area (Å²) in [6.45, 7) is 10.1. The summed E-state index contributed by atoms with van der Waals surface area (Å²) in [4.78, 5) is 32.8. The Balaban J connectivity index is 1.18. The lowest BCUT2D eigenvalue weighted by Crippen LogP contribution is -2.41. The van der Waals surface area contributed by atoms with Crippen LogP contribution in [0.4, 0.5) is 0 Å². The van der Waals surface area contributed by atoms with E-state index in [9.17, 15) is 9.59 Å². The standard InChI is InChI=1S/C31H40N4O2/c1-23-10-9-11-24(2)30(23)31(37)35-20-26-18-34(19-27(26)21-35)17-14-28(25-12-5-3-6-13-25)32-29(36)22-33-15-7-4-8-16-33/h3,5-6,9-13,20,27-28H,4,7-8,14-19,21-22H2,1-2H3,(H,32,36)/t27?,28-/m0/s1. The Hall–Kier alpha value is -2.96. The largest absolute Gasteiger partial charge is 0.348 e. The Morgan fingerprint density at radius 2 is 1.65 bits per heavy atom. The van der Waals surface area contributed by atoms with Gasteiger partial charge in [-0.1, -0.05) is 55.0 Å². The third kappa shape index (κ3) is 6.13. The van der Waals surface area contributed by atoms with Gasteiger partial charge in [-0.05, 0) is 68.5 Å². The zero-order chi connectivity index (χ0) is 25.8. The molecule has 196 valence electrons. The molecule has 1 unspecified atom stereocenters. The fourth-order valence-corrected chi connectivity index (χ4v) is 6.18. The highest BCUT2D eigenvalue weighted by Gasteiger charge is 2.36. The number of likely N-dealkylation sites (tertiary alicyclic amines) is 2. The second kappa shape index (κ2) is 11.6. The lowest BCUT2D eigenvalue weighted by molar-refractivity contribution is -0.123. The van der Waals surface area contributed by atoms with Gasteiger partial charge in [-0.25, -0.2) is 0 Å². The van der Waals surface area contributed by atoms with Gasteiger partial charge in [0.2, 0.25) is 5.91 Å². The fourth-order valence-electron chi connectivity index (χ4n) is 6.18. The average molecular weight is 501 g/mol. The molecule has 1 N–H and O–H groups in total. The molecule has 3 aliphatic heterocycles. The zero-order valence-corrected chi connectivity index (χ0v) is 22.3. The Morgan fingerprint density at radius 3 is 2.35 bits per heavy atom. The molecule has 6 heteroatoms. The number of fused-ring (bicyclic) bond motifs is 1. The Morgan fingerprint density at radius 1 is 0.919 bits per heavy atom. The van der Waals surface area contributed by atoms with E-state index in [2.05, 4.69) is 33.4 Å². The van der Waals surface area contributed by atoms with Gasteiger partial charge >= 0.3 is 0 Å². The molecule has 6 nitrogen and oxygen atoms in total. The van der Waals surface area contributed by atoms with Gasteiger partial charge in [0.05, 0.1) is 12.6 Å². The maximum absolute atomic E-state index is 13.2. The van der Waals surface area contributed by atoms with Gasteiger partial charge in [0.15, 0.2) is 0 Å². The molecule has 0 bridgehead atoms. The molecule has 2 fully saturated rings. The number of hydrogen-bond acceptors (Lipinski definition) is 4. The van der Waals surface area contributed by atoms with E-state index in [-0.39, 0.29) is 17.9 Å². The zero-order valence-electron chi connectivity index (χ0n) is 22.3. The van der Waals surface area contributed by atoms with Gasteiger partial charge in [-0.15, -0.1) is 0 Å².